The number of carbonyl (C=O) groups is 4. The number of carbonyl (C=O) groups excluding carboxylic acids is 3. The number of nitrogens with one attached hydrogen (secondary N) is 1. The Labute approximate surface area is 177 Å². The summed E-state index contributed by atoms with van der Waals surface area (Å²) in [7, 11) is 0. The van der Waals surface area contributed by atoms with Gasteiger partial charge in [0.25, 0.3) is 0 Å². The van der Waals surface area contributed by atoms with Crippen LogP contribution in [-0.4, -0.2) is 46.6 Å². The number of fused-ring (bicyclic) bond motifs is 1. The number of anilines is 1. The molecule has 4 atom stereocenters. The van der Waals surface area contributed by atoms with Gasteiger partial charge in [-0.2, -0.15) is 0 Å². The Hall–Kier alpha value is -3.72. The highest BCUT2D eigenvalue weighted by molar-refractivity contribution is 6.23. The van der Waals surface area contributed by atoms with Crippen LogP contribution < -0.4 is 10.2 Å². The van der Waals surface area contributed by atoms with E-state index in [0.29, 0.717) is 5.56 Å². The fourth-order valence-corrected chi connectivity index (χ4v) is 4.29. The number of aliphatic carboxylic acids is 1. The summed E-state index contributed by atoms with van der Waals surface area (Å²) in [5.41, 5.74) is 0.849. The Morgan fingerprint density at radius 2 is 1.68 bits per heavy atom. The van der Waals surface area contributed by atoms with Gasteiger partial charge in [0.2, 0.25) is 11.8 Å². The van der Waals surface area contributed by atoms with E-state index < -0.39 is 47.7 Å². The number of imide groups is 1. The molecule has 0 unspecified atom stereocenters. The van der Waals surface area contributed by atoms with Crippen molar-refractivity contribution in [3.63, 3.8) is 0 Å². The summed E-state index contributed by atoms with van der Waals surface area (Å²) < 4.78 is 4.93. The summed E-state index contributed by atoms with van der Waals surface area (Å²) in [5, 5.41) is 22.7. The fourth-order valence-electron chi connectivity index (χ4n) is 4.29. The van der Waals surface area contributed by atoms with E-state index >= 15 is 0 Å². The second kappa shape index (κ2) is 7.84. The zero-order valence-electron chi connectivity index (χ0n) is 16.5. The molecule has 2 aromatic rings. The molecule has 4 rings (SSSR count). The second-order valence-corrected chi connectivity index (χ2v) is 7.35. The molecule has 2 fully saturated rings. The molecule has 3 N–H and O–H groups in total. The van der Waals surface area contributed by atoms with Crippen LogP contribution in [0.4, 0.5) is 5.69 Å². The third-order valence-corrected chi connectivity index (χ3v) is 5.65. The van der Waals surface area contributed by atoms with Crippen LogP contribution in [0.5, 0.6) is 5.75 Å². The van der Waals surface area contributed by atoms with E-state index in [9.17, 15) is 29.4 Å². The number of carboxylic acids is 1. The fraction of sp³-hybridized carbons (Fsp3) is 0.273. The van der Waals surface area contributed by atoms with Gasteiger partial charge in [0.15, 0.2) is 0 Å². The summed E-state index contributed by atoms with van der Waals surface area (Å²) in [4.78, 5) is 51.0. The summed E-state index contributed by atoms with van der Waals surface area (Å²) in [6.07, 6.45) is 0. The average Bonchev–Trinajstić information content (AvgIpc) is 3.26. The number of benzene rings is 2. The van der Waals surface area contributed by atoms with E-state index in [1.807, 2.05) is 0 Å². The Morgan fingerprint density at radius 1 is 1.03 bits per heavy atom. The van der Waals surface area contributed by atoms with Crippen LogP contribution in [0.15, 0.2) is 48.5 Å². The van der Waals surface area contributed by atoms with Gasteiger partial charge in [-0.15, -0.1) is 0 Å². The minimum Gasteiger partial charge on any atom is -0.508 e. The lowest BCUT2D eigenvalue weighted by Gasteiger charge is -2.22. The molecule has 2 amide bonds. The molecule has 0 saturated carbocycles. The van der Waals surface area contributed by atoms with Crippen LogP contribution in [0.3, 0.4) is 0 Å². The maximum absolute atomic E-state index is 13.3. The summed E-state index contributed by atoms with van der Waals surface area (Å²) in [6, 6.07) is 9.94. The van der Waals surface area contributed by atoms with Crippen molar-refractivity contribution in [2.24, 2.45) is 11.8 Å². The average molecular weight is 424 g/mol. The first-order chi connectivity index (χ1) is 14.8. The molecular weight excluding hydrogens is 404 g/mol. The monoisotopic (exact) mass is 424 g/mol. The number of amides is 2. The minimum atomic E-state index is -1.28. The first-order valence-corrected chi connectivity index (χ1v) is 9.77. The van der Waals surface area contributed by atoms with Crippen molar-refractivity contribution in [1.29, 1.82) is 0 Å². The van der Waals surface area contributed by atoms with E-state index in [1.165, 1.54) is 30.3 Å². The highest BCUT2D eigenvalue weighted by atomic mass is 16.5. The van der Waals surface area contributed by atoms with Crippen LogP contribution in [-0.2, 0) is 19.1 Å². The van der Waals surface area contributed by atoms with Crippen LogP contribution in [0, 0.1) is 11.8 Å². The zero-order chi connectivity index (χ0) is 22.3. The van der Waals surface area contributed by atoms with E-state index in [0.717, 1.165) is 4.90 Å². The predicted octanol–water partition coefficient (Wildman–Crippen LogP) is 1.47. The van der Waals surface area contributed by atoms with Crippen molar-refractivity contribution in [2.75, 3.05) is 11.5 Å². The van der Waals surface area contributed by atoms with Gasteiger partial charge in [-0.3, -0.25) is 19.7 Å². The standard InChI is InChI=1S/C22H20N2O7/c1-2-31-22(30)11-7-9-12(10-8-11)24-19(26)15-16(20(24)27)18(21(28)29)23-17(15)13-5-3-4-6-14(13)25/h3-10,15-18,23,25H,2H2,1H3,(H,28,29)/t15-,16+,17+,18-/m1/s1. The van der Waals surface area contributed by atoms with Crippen LogP contribution >= 0.6 is 0 Å². The molecule has 160 valence electrons. The van der Waals surface area contributed by atoms with Gasteiger partial charge in [0.1, 0.15) is 11.8 Å². The number of phenols is 1. The third-order valence-electron chi connectivity index (χ3n) is 5.65. The van der Waals surface area contributed by atoms with Crippen LogP contribution in [0.1, 0.15) is 28.9 Å². The quantitative estimate of drug-likeness (QED) is 0.485. The zero-order valence-corrected chi connectivity index (χ0v) is 16.5. The number of phenolic OH excluding ortho intramolecular Hbond substituents is 1. The van der Waals surface area contributed by atoms with E-state index in [1.54, 1.807) is 25.1 Å². The predicted molar refractivity (Wildman–Crippen MR) is 107 cm³/mol. The Balaban J connectivity index is 1.70. The molecule has 0 radical (unpaired) electrons. The number of nitrogens with zero attached hydrogens (tertiary/aromatic N) is 1. The van der Waals surface area contributed by atoms with Gasteiger partial charge >= 0.3 is 11.9 Å². The van der Waals surface area contributed by atoms with E-state index in [-0.39, 0.29) is 23.6 Å². The van der Waals surface area contributed by atoms with Gasteiger partial charge in [-0.1, -0.05) is 18.2 Å². The lowest BCUT2D eigenvalue weighted by Crippen LogP contribution is -2.43. The molecule has 0 aliphatic carbocycles. The van der Waals surface area contributed by atoms with Crippen molar-refractivity contribution in [1.82, 2.24) is 5.32 Å². The number of carboxylic acid groups (broad SMARTS) is 1. The number of ether oxygens (including phenoxy) is 1. The normalized spacial score (nSPS) is 24.9. The van der Waals surface area contributed by atoms with Crippen LogP contribution in [0.2, 0.25) is 0 Å². The summed E-state index contributed by atoms with van der Waals surface area (Å²) in [5.74, 6) is -5.21. The lowest BCUT2D eigenvalue weighted by molar-refractivity contribution is -0.142. The highest BCUT2D eigenvalue weighted by Crippen LogP contribution is 2.46. The molecule has 0 aromatic heterocycles. The second-order valence-electron chi connectivity index (χ2n) is 7.35. The molecule has 2 aliphatic rings. The number of hydrogen-bond acceptors (Lipinski definition) is 7. The first-order valence-electron chi connectivity index (χ1n) is 9.77. The van der Waals surface area contributed by atoms with Crippen molar-refractivity contribution >= 4 is 29.4 Å². The summed E-state index contributed by atoms with van der Waals surface area (Å²) >= 11 is 0. The molecular formula is C22H20N2O7. The number of aromatic hydroxyl groups is 1. The van der Waals surface area contributed by atoms with Gasteiger partial charge < -0.3 is 14.9 Å². The molecule has 9 heteroatoms. The maximum atomic E-state index is 13.3. The minimum absolute atomic E-state index is 0.0951. The molecule has 2 aromatic carbocycles. The van der Waals surface area contributed by atoms with Gasteiger partial charge in [-0.05, 0) is 37.3 Å². The van der Waals surface area contributed by atoms with Crippen LogP contribution in [0.25, 0.3) is 0 Å². The maximum Gasteiger partial charge on any atom is 0.338 e. The van der Waals surface area contributed by atoms with E-state index in [4.69, 9.17) is 4.74 Å². The highest BCUT2D eigenvalue weighted by Gasteiger charge is 2.61. The van der Waals surface area contributed by atoms with Gasteiger partial charge in [0, 0.05) is 11.6 Å². The van der Waals surface area contributed by atoms with Crippen molar-refractivity contribution in [3.8, 4) is 5.75 Å². The molecule has 9 nitrogen and oxygen atoms in total. The Kier molecular flexibility index (Phi) is 5.20. The Morgan fingerprint density at radius 3 is 2.29 bits per heavy atom. The Bertz CT molecular complexity index is 1070. The van der Waals surface area contributed by atoms with Gasteiger partial charge in [0.05, 0.1) is 29.7 Å². The van der Waals surface area contributed by atoms with Crippen molar-refractivity contribution in [2.45, 2.75) is 19.0 Å². The molecule has 2 heterocycles. The summed E-state index contributed by atoms with van der Waals surface area (Å²) in [6.45, 7) is 1.89. The van der Waals surface area contributed by atoms with Gasteiger partial charge in [-0.25, -0.2) is 9.69 Å². The lowest BCUT2D eigenvalue weighted by atomic mass is 9.86. The number of para-hydroxylation sites is 1. The molecule has 2 aliphatic heterocycles. The molecule has 31 heavy (non-hydrogen) atoms. The topological polar surface area (TPSA) is 133 Å². The largest absolute Gasteiger partial charge is 0.508 e. The smallest absolute Gasteiger partial charge is 0.338 e. The van der Waals surface area contributed by atoms with Crippen molar-refractivity contribution < 1.29 is 34.1 Å². The number of rotatable bonds is 5. The SMILES string of the molecule is CCOC(=O)c1ccc(N2C(=O)[C@@H]3[C@H](C2=O)[C@H](C(=O)O)N[C@H]3c2ccccc2O)cc1. The van der Waals surface area contributed by atoms with Crippen molar-refractivity contribution in [3.05, 3.63) is 59.7 Å². The number of esters is 1. The molecule has 0 spiro atoms. The molecule has 2 saturated heterocycles. The third kappa shape index (κ3) is 3.32. The molecule has 0 bridgehead atoms. The van der Waals surface area contributed by atoms with E-state index in [2.05, 4.69) is 5.32 Å². The first kappa shape index (κ1) is 20.5. The number of hydrogen-bond donors (Lipinski definition) is 3.